The summed E-state index contributed by atoms with van der Waals surface area (Å²) < 4.78 is 17.7. The minimum Gasteiger partial charge on any atom is -0.478 e. The molecule has 3 heterocycles. The summed E-state index contributed by atoms with van der Waals surface area (Å²) in [6.45, 7) is 2.85. The van der Waals surface area contributed by atoms with E-state index in [1.807, 2.05) is 18.2 Å². The molecule has 0 spiro atoms. The highest BCUT2D eigenvalue weighted by molar-refractivity contribution is 6.30. The summed E-state index contributed by atoms with van der Waals surface area (Å²) in [4.78, 5) is 15.0. The SMILES string of the molecule is O=C1/C(=C/c2cccc(Cl)c2)Oc2c1ccc1c2CN(CC2CCCO2)CO1. The van der Waals surface area contributed by atoms with Gasteiger partial charge < -0.3 is 14.2 Å². The minimum absolute atomic E-state index is 0.117. The lowest BCUT2D eigenvalue weighted by atomic mass is 10.0. The summed E-state index contributed by atoms with van der Waals surface area (Å²) >= 11 is 6.05. The second kappa shape index (κ2) is 7.24. The van der Waals surface area contributed by atoms with Crippen molar-refractivity contribution in [3.8, 4) is 11.5 Å². The van der Waals surface area contributed by atoms with Gasteiger partial charge in [-0.3, -0.25) is 9.69 Å². The first-order valence-corrected chi connectivity index (χ1v) is 9.87. The number of carbonyl (C=O) groups excluding carboxylic acids is 1. The number of ketones is 1. The lowest BCUT2D eigenvalue weighted by Gasteiger charge is -2.31. The van der Waals surface area contributed by atoms with Gasteiger partial charge in [-0.15, -0.1) is 0 Å². The van der Waals surface area contributed by atoms with E-state index in [1.165, 1.54) is 0 Å². The molecular weight excluding hydrogens is 378 g/mol. The molecule has 0 saturated carbocycles. The Morgan fingerprint density at radius 3 is 3.00 bits per heavy atom. The fraction of sp³-hybridized carbons (Fsp3) is 0.318. The molecule has 2 aromatic rings. The van der Waals surface area contributed by atoms with Crippen LogP contribution < -0.4 is 9.47 Å². The van der Waals surface area contributed by atoms with E-state index >= 15 is 0 Å². The number of rotatable bonds is 3. The van der Waals surface area contributed by atoms with E-state index in [9.17, 15) is 4.79 Å². The average molecular weight is 398 g/mol. The number of carbonyl (C=O) groups is 1. The van der Waals surface area contributed by atoms with Gasteiger partial charge in [-0.25, -0.2) is 0 Å². The van der Waals surface area contributed by atoms with Crippen molar-refractivity contribution < 1.29 is 19.0 Å². The Bertz CT molecular complexity index is 965. The van der Waals surface area contributed by atoms with Gasteiger partial charge in [-0.2, -0.15) is 0 Å². The highest BCUT2D eigenvalue weighted by Crippen LogP contribution is 2.42. The molecule has 3 aliphatic heterocycles. The number of benzene rings is 2. The van der Waals surface area contributed by atoms with Crippen molar-refractivity contribution in [2.75, 3.05) is 19.9 Å². The van der Waals surface area contributed by atoms with Crippen LogP contribution in [0.2, 0.25) is 5.02 Å². The van der Waals surface area contributed by atoms with Crippen LogP contribution >= 0.6 is 11.6 Å². The molecule has 0 N–H and O–H groups in total. The molecule has 0 radical (unpaired) electrons. The first kappa shape index (κ1) is 17.7. The summed E-state index contributed by atoms with van der Waals surface area (Å²) in [6.07, 6.45) is 4.18. The van der Waals surface area contributed by atoms with Crippen molar-refractivity contribution in [3.05, 3.63) is 63.9 Å². The van der Waals surface area contributed by atoms with E-state index < -0.39 is 0 Å². The van der Waals surface area contributed by atoms with Crippen molar-refractivity contribution in [1.82, 2.24) is 4.90 Å². The fourth-order valence-electron chi connectivity index (χ4n) is 3.95. The molecular formula is C22H20ClNO4. The summed E-state index contributed by atoms with van der Waals surface area (Å²) in [5.41, 5.74) is 2.33. The monoisotopic (exact) mass is 397 g/mol. The number of hydrogen-bond acceptors (Lipinski definition) is 5. The molecule has 5 rings (SSSR count). The minimum atomic E-state index is -0.117. The number of hydrogen-bond donors (Lipinski definition) is 0. The molecule has 144 valence electrons. The molecule has 0 aliphatic carbocycles. The van der Waals surface area contributed by atoms with Crippen LogP contribution in [-0.2, 0) is 11.3 Å². The zero-order valence-corrected chi connectivity index (χ0v) is 16.1. The van der Waals surface area contributed by atoms with E-state index in [4.69, 9.17) is 25.8 Å². The molecule has 6 heteroatoms. The average Bonchev–Trinajstić information content (AvgIpc) is 3.31. The van der Waals surface area contributed by atoms with E-state index in [0.29, 0.717) is 35.4 Å². The Kier molecular flexibility index (Phi) is 4.59. The second-order valence-corrected chi connectivity index (χ2v) is 7.77. The maximum atomic E-state index is 12.8. The van der Waals surface area contributed by atoms with Crippen molar-refractivity contribution in [2.45, 2.75) is 25.5 Å². The number of halogens is 1. The lowest BCUT2D eigenvalue weighted by molar-refractivity contribution is 0.0274. The van der Waals surface area contributed by atoms with E-state index in [2.05, 4.69) is 4.90 Å². The first-order chi connectivity index (χ1) is 13.7. The summed E-state index contributed by atoms with van der Waals surface area (Å²) in [6, 6.07) is 11.0. The molecule has 0 bridgehead atoms. The van der Waals surface area contributed by atoms with Crippen molar-refractivity contribution in [3.63, 3.8) is 0 Å². The maximum Gasteiger partial charge on any atom is 0.231 e. The van der Waals surface area contributed by atoms with Crippen LogP contribution in [0.4, 0.5) is 0 Å². The molecule has 1 fully saturated rings. The normalized spacial score (nSPS) is 22.7. The van der Waals surface area contributed by atoms with Crippen molar-refractivity contribution in [2.24, 2.45) is 0 Å². The fourth-order valence-corrected chi connectivity index (χ4v) is 4.14. The predicted molar refractivity (Wildman–Crippen MR) is 106 cm³/mol. The topological polar surface area (TPSA) is 48.0 Å². The third-order valence-electron chi connectivity index (χ3n) is 5.31. The zero-order chi connectivity index (χ0) is 19.1. The van der Waals surface area contributed by atoms with Gasteiger partial charge in [0.1, 0.15) is 18.2 Å². The summed E-state index contributed by atoms with van der Waals surface area (Å²) in [7, 11) is 0. The van der Waals surface area contributed by atoms with Gasteiger partial charge in [0, 0.05) is 24.7 Å². The molecule has 2 aromatic carbocycles. The Morgan fingerprint density at radius 2 is 2.18 bits per heavy atom. The van der Waals surface area contributed by atoms with Crippen LogP contribution in [0, 0.1) is 0 Å². The second-order valence-electron chi connectivity index (χ2n) is 7.33. The highest BCUT2D eigenvalue weighted by Gasteiger charge is 2.34. The number of Topliss-reactive ketones (excluding diaryl/α,β-unsaturated/α-hetero) is 1. The van der Waals surface area contributed by atoms with Crippen LogP contribution in [0.5, 0.6) is 11.5 Å². The Hall–Kier alpha value is -2.34. The Morgan fingerprint density at radius 1 is 1.25 bits per heavy atom. The molecule has 5 nitrogen and oxygen atoms in total. The largest absolute Gasteiger partial charge is 0.478 e. The standard InChI is InChI=1S/C22H20ClNO4/c23-15-4-1-3-14(9-15)10-20-21(25)17-6-7-19-18(22(17)28-20)12-24(13-27-19)11-16-5-2-8-26-16/h1,3-4,6-7,9-10,16H,2,5,8,11-13H2/b20-10-. The predicted octanol–water partition coefficient (Wildman–Crippen LogP) is 4.29. The van der Waals surface area contributed by atoms with Crippen molar-refractivity contribution in [1.29, 1.82) is 0 Å². The smallest absolute Gasteiger partial charge is 0.231 e. The molecule has 1 unspecified atom stereocenters. The van der Waals surface area contributed by atoms with Gasteiger partial charge in [0.15, 0.2) is 5.76 Å². The Balaban J connectivity index is 1.42. The highest BCUT2D eigenvalue weighted by atomic mass is 35.5. The van der Waals surface area contributed by atoms with Gasteiger partial charge in [0.25, 0.3) is 0 Å². The Labute approximate surface area is 168 Å². The lowest BCUT2D eigenvalue weighted by Crippen LogP contribution is -2.37. The van der Waals surface area contributed by atoms with Crippen LogP contribution in [0.3, 0.4) is 0 Å². The van der Waals surface area contributed by atoms with Gasteiger partial charge in [-0.05, 0) is 48.7 Å². The molecule has 1 atom stereocenters. The third-order valence-corrected chi connectivity index (χ3v) is 5.55. The number of allylic oxidation sites excluding steroid dienone is 1. The molecule has 28 heavy (non-hydrogen) atoms. The maximum absolute atomic E-state index is 12.8. The summed E-state index contributed by atoms with van der Waals surface area (Å²) in [5, 5.41) is 0.618. The van der Waals surface area contributed by atoms with Gasteiger partial charge in [0.05, 0.1) is 17.2 Å². The van der Waals surface area contributed by atoms with E-state index in [0.717, 1.165) is 42.9 Å². The van der Waals surface area contributed by atoms with E-state index in [-0.39, 0.29) is 11.9 Å². The van der Waals surface area contributed by atoms with Crippen LogP contribution in [0.1, 0.15) is 34.3 Å². The molecule has 1 saturated heterocycles. The number of fused-ring (bicyclic) bond motifs is 3. The van der Waals surface area contributed by atoms with Gasteiger partial charge >= 0.3 is 0 Å². The molecule has 0 amide bonds. The van der Waals surface area contributed by atoms with E-state index in [1.54, 1.807) is 24.3 Å². The quantitative estimate of drug-likeness (QED) is 0.723. The van der Waals surface area contributed by atoms with Crippen LogP contribution in [0.15, 0.2) is 42.2 Å². The van der Waals surface area contributed by atoms with Crippen LogP contribution in [-0.4, -0.2) is 36.7 Å². The van der Waals surface area contributed by atoms with Crippen molar-refractivity contribution >= 4 is 23.5 Å². The van der Waals surface area contributed by atoms with Crippen LogP contribution in [0.25, 0.3) is 6.08 Å². The first-order valence-electron chi connectivity index (χ1n) is 9.50. The zero-order valence-electron chi connectivity index (χ0n) is 15.3. The van der Waals surface area contributed by atoms with Gasteiger partial charge in [-0.1, -0.05) is 23.7 Å². The molecule has 0 aromatic heterocycles. The van der Waals surface area contributed by atoms with Gasteiger partial charge in [0.2, 0.25) is 5.78 Å². The molecule has 3 aliphatic rings. The number of nitrogens with zero attached hydrogens (tertiary/aromatic N) is 1. The number of ether oxygens (including phenoxy) is 3. The summed E-state index contributed by atoms with van der Waals surface area (Å²) in [5.74, 6) is 1.57. The third kappa shape index (κ3) is 3.30.